The van der Waals surface area contributed by atoms with Gasteiger partial charge in [-0.1, -0.05) is 0 Å². The van der Waals surface area contributed by atoms with Crippen LogP contribution in [0.1, 0.15) is 10.4 Å². The average molecular weight is 252 g/mol. The molecule has 6 nitrogen and oxygen atoms in total. The SMILES string of the molecule is COC1CN(c2cnccc2C(=O)O)CC1OC. The van der Waals surface area contributed by atoms with E-state index in [-0.39, 0.29) is 17.8 Å². The number of methoxy groups -OCH3 is 2. The first-order valence-corrected chi connectivity index (χ1v) is 5.65. The van der Waals surface area contributed by atoms with Gasteiger partial charge in [-0.15, -0.1) is 0 Å². The van der Waals surface area contributed by atoms with E-state index in [1.165, 1.54) is 12.3 Å². The van der Waals surface area contributed by atoms with Gasteiger partial charge in [0.1, 0.15) is 12.2 Å². The van der Waals surface area contributed by atoms with Crippen LogP contribution in [-0.2, 0) is 9.47 Å². The van der Waals surface area contributed by atoms with Crippen LogP contribution in [0.2, 0.25) is 0 Å². The minimum atomic E-state index is -0.956. The average Bonchev–Trinajstić information content (AvgIpc) is 2.81. The molecule has 18 heavy (non-hydrogen) atoms. The highest BCUT2D eigenvalue weighted by atomic mass is 16.5. The van der Waals surface area contributed by atoms with Crippen molar-refractivity contribution in [3.05, 3.63) is 24.0 Å². The van der Waals surface area contributed by atoms with Gasteiger partial charge in [-0.3, -0.25) is 4.98 Å². The molecule has 2 heterocycles. The fraction of sp³-hybridized carbons (Fsp3) is 0.500. The van der Waals surface area contributed by atoms with Crippen LogP contribution in [0.25, 0.3) is 0 Å². The Labute approximate surface area is 105 Å². The van der Waals surface area contributed by atoms with Gasteiger partial charge in [0.2, 0.25) is 0 Å². The quantitative estimate of drug-likeness (QED) is 0.847. The first-order valence-electron chi connectivity index (χ1n) is 5.65. The zero-order valence-electron chi connectivity index (χ0n) is 10.4. The predicted molar refractivity (Wildman–Crippen MR) is 65.0 cm³/mol. The third kappa shape index (κ3) is 2.30. The highest BCUT2D eigenvalue weighted by Crippen LogP contribution is 2.25. The van der Waals surface area contributed by atoms with Gasteiger partial charge < -0.3 is 19.5 Å². The number of hydrogen-bond acceptors (Lipinski definition) is 5. The molecule has 0 aliphatic carbocycles. The van der Waals surface area contributed by atoms with E-state index < -0.39 is 5.97 Å². The lowest BCUT2D eigenvalue weighted by Crippen LogP contribution is -2.27. The maximum Gasteiger partial charge on any atom is 0.337 e. The molecule has 2 unspecified atom stereocenters. The second kappa shape index (κ2) is 5.32. The summed E-state index contributed by atoms with van der Waals surface area (Å²) < 4.78 is 10.7. The Bertz CT molecular complexity index is 426. The van der Waals surface area contributed by atoms with Crippen molar-refractivity contribution in [3.8, 4) is 0 Å². The molecule has 1 N–H and O–H groups in total. The highest BCUT2D eigenvalue weighted by Gasteiger charge is 2.34. The largest absolute Gasteiger partial charge is 0.478 e. The van der Waals surface area contributed by atoms with Gasteiger partial charge in [0.15, 0.2) is 0 Å². The third-order valence-electron chi connectivity index (χ3n) is 3.19. The normalized spacial score (nSPS) is 23.3. The lowest BCUT2D eigenvalue weighted by molar-refractivity contribution is -0.00461. The second-order valence-electron chi connectivity index (χ2n) is 4.15. The number of carboxylic acids is 1. The van der Waals surface area contributed by atoms with E-state index in [2.05, 4.69) is 4.98 Å². The molecule has 6 heteroatoms. The fourth-order valence-electron chi connectivity index (χ4n) is 2.21. The summed E-state index contributed by atoms with van der Waals surface area (Å²) in [6.45, 7) is 1.20. The van der Waals surface area contributed by atoms with E-state index in [0.29, 0.717) is 18.8 Å². The number of carboxylic acid groups (broad SMARTS) is 1. The van der Waals surface area contributed by atoms with Gasteiger partial charge in [-0.2, -0.15) is 0 Å². The lowest BCUT2D eigenvalue weighted by Gasteiger charge is -2.19. The van der Waals surface area contributed by atoms with Gasteiger partial charge in [-0.25, -0.2) is 4.79 Å². The van der Waals surface area contributed by atoms with Crippen molar-refractivity contribution in [2.24, 2.45) is 0 Å². The minimum absolute atomic E-state index is 0.0585. The number of pyridine rings is 1. The molecular weight excluding hydrogens is 236 g/mol. The van der Waals surface area contributed by atoms with Crippen molar-refractivity contribution >= 4 is 11.7 Å². The van der Waals surface area contributed by atoms with Crippen LogP contribution >= 0.6 is 0 Å². The molecule has 1 aromatic heterocycles. The molecule has 0 radical (unpaired) electrons. The number of carbonyl (C=O) groups is 1. The summed E-state index contributed by atoms with van der Waals surface area (Å²) in [4.78, 5) is 17.1. The van der Waals surface area contributed by atoms with E-state index in [4.69, 9.17) is 14.6 Å². The summed E-state index contributed by atoms with van der Waals surface area (Å²) in [6.07, 6.45) is 2.92. The molecule has 2 atom stereocenters. The summed E-state index contributed by atoms with van der Waals surface area (Å²) in [6, 6.07) is 1.50. The molecule has 0 spiro atoms. The zero-order chi connectivity index (χ0) is 13.1. The summed E-state index contributed by atoms with van der Waals surface area (Å²) in [7, 11) is 3.25. The number of aromatic carboxylic acids is 1. The summed E-state index contributed by atoms with van der Waals surface area (Å²) in [5.74, 6) is -0.956. The zero-order valence-corrected chi connectivity index (χ0v) is 10.4. The Morgan fingerprint density at radius 2 is 2.00 bits per heavy atom. The molecule has 1 fully saturated rings. The topological polar surface area (TPSA) is 71.9 Å². The molecular formula is C12H16N2O4. The summed E-state index contributed by atoms with van der Waals surface area (Å²) in [5, 5.41) is 9.16. The molecule has 1 saturated heterocycles. The molecule has 0 amide bonds. The van der Waals surface area contributed by atoms with Crippen molar-refractivity contribution < 1.29 is 19.4 Å². The third-order valence-corrected chi connectivity index (χ3v) is 3.19. The monoisotopic (exact) mass is 252 g/mol. The van der Waals surface area contributed by atoms with Crippen LogP contribution in [-0.4, -0.2) is 55.6 Å². The predicted octanol–water partition coefficient (Wildman–Crippen LogP) is 0.630. The smallest absolute Gasteiger partial charge is 0.337 e. The van der Waals surface area contributed by atoms with Crippen LogP contribution < -0.4 is 4.90 Å². The van der Waals surface area contributed by atoms with Gasteiger partial charge >= 0.3 is 5.97 Å². The standard InChI is InChI=1S/C12H16N2O4/c1-17-10-6-14(7-11(10)18-2)9-5-13-4-3-8(9)12(15)16/h3-5,10-11H,6-7H2,1-2H3,(H,15,16). The number of aromatic nitrogens is 1. The lowest BCUT2D eigenvalue weighted by atomic mass is 10.2. The maximum atomic E-state index is 11.2. The van der Waals surface area contributed by atoms with Crippen LogP contribution in [0.4, 0.5) is 5.69 Å². The molecule has 1 aromatic rings. The Balaban J connectivity index is 2.26. The Morgan fingerprint density at radius 1 is 1.39 bits per heavy atom. The Hall–Kier alpha value is -1.66. The van der Waals surface area contributed by atoms with Gasteiger partial charge in [0.05, 0.1) is 17.4 Å². The van der Waals surface area contributed by atoms with E-state index in [9.17, 15) is 4.79 Å². The van der Waals surface area contributed by atoms with Crippen LogP contribution in [0.3, 0.4) is 0 Å². The molecule has 98 valence electrons. The number of ether oxygens (including phenoxy) is 2. The summed E-state index contributed by atoms with van der Waals surface area (Å²) >= 11 is 0. The molecule has 0 aromatic carbocycles. The first-order chi connectivity index (χ1) is 8.67. The number of rotatable bonds is 4. The van der Waals surface area contributed by atoms with Gasteiger partial charge in [0.25, 0.3) is 0 Å². The van der Waals surface area contributed by atoms with E-state index >= 15 is 0 Å². The number of anilines is 1. The van der Waals surface area contributed by atoms with Gasteiger partial charge in [-0.05, 0) is 6.07 Å². The summed E-state index contributed by atoms with van der Waals surface area (Å²) in [5.41, 5.74) is 0.850. The van der Waals surface area contributed by atoms with Gasteiger partial charge in [0, 0.05) is 33.5 Å². The molecule has 0 bridgehead atoms. The maximum absolute atomic E-state index is 11.2. The van der Waals surface area contributed by atoms with Crippen molar-refractivity contribution in [1.29, 1.82) is 0 Å². The number of nitrogens with zero attached hydrogens (tertiary/aromatic N) is 2. The molecule has 2 rings (SSSR count). The van der Waals surface area contributed by atoms with Crippen molar-refractivity contribution in [1.82, 2.24) is 4.98 Å². The Kier molecular flexibility index (Phi) is 3.78. The van der Waals surface area contributed by atoms with Crippen LogP contribution in [0.5, 0.6) is 0 Å². The van der Waals surface area contributed by atoms with Crippen LogP contribution in [0, 0.1) is 0 Å². The van der Waals surface area contributed by atoms with Crippen molar-refractivity contribution in [2.45, 2.75) is 12.2 Å². The number of hydrogen-bond donors (Lipinski definition) is 1. The molecule has 1 aliphatic rings. The highest BCUT2D eigenvalue weighted by molar-refractivity contribution is 5.94. The second-order valence-corrected chi connectivity index (χ2v) is 4.15. The van der Waals surface area contributed by atoms with Crippen molar-refractivity contribution in [2.75, 3.05) is 32.2 Å². The van der Waals surface area contributed by atoms with E-state index in [1.54, 1.807) is 20.4 Å². The molecule has 1 aliphatic heterocycles. The first kappa shape index (κ1) is 12.8. The molecule has 0 saturated carbocycles. The minimum Gasteiger partial charge on any atom is -0.478 e. The Morgan fingerprint density at radius 3 is 2.50 bits per heavy atom. The van der Waals surface area contributed by atoms with E-state index in [1.807, 2.05) is 4.90 Å². The van der Waals surface area contributed by atoms with Crippen LogP contribution in [0.15, 0.2) is 18.5 Å². The fourth-order valence-corrected chi connectivity index (χ4v) is 2.21. The van der Waals surface area contributed by atoms with Crippen molar-refractivity contribution in [3.63, 3.8) is 0 Å². The van der Waals surface area contributed by atoms with E-state index in [0.717, 1.165) is 0 Å².